The Balaban J connectivity index is 2.91. The number of hydrogen-bond donors (Lipinski definition) is 3. The zero-order chi connectivity index (χ0) is 15.3. The molecule has 110 valence electrons. The summed E-state index contributed by atoms with van der Waals surface area (Å²) in [5.41, 5.74) is 6.34. The molecule has 0 radical (unpaired) electrons. The smallest absolute Gasteiger partial charge is 0.326 e. The van der Waals surface area contributed by atoms with E-state index in [4.69, 9.17) is 15.6 Å². The van der Waals surface area contributed by atoms with Gasteiger partial charge in [-0.05, 0) is 24.5 Å². The fraction of sp³-hybridized carbons (Fsp3) is 0.429. The van der Waals surface area contributed by atoms with Gasteiger partial charge in [-0.2, -0.15) is 0 Å². The predicted octanol–water partition coefficient (Wildman–Crippen LogP) is 1.51. The zero-order valence-corrected chi connectivity index (χ0v) is 11.8. The monoisotopic (exact) mass is 280 g/mol. The van der Waals surface area contributed by atoms with Gasteiger partial charge in [0.25, 0.3) is 5.91 Å². The molecule has 1 atom stereocenters. The summed E-state index contributed by atoms with van der Waals surface area (Å²) in [6.07, 6.45) is 0.359. The first-order valence-corrected chi connectivity index (χ1v) is 6.32. The number of nitrogens with one attached hydrogen (secondary N) is 1. The lowest BCUT2D eigenvalue weighted by atomic mass is 10.0. The molecule has 0 bridgehead atoms. The standard InChI is InChI=1S/C14H20N2O4/c1-8(2)6-11(14(18)19)16-13(17)10-5-4-9(15)7-12(10)20-3/h4-5,7-8,11H,6,15H2,1-3H3,(H,16,17)(H,18,19)/t11-/m0/s1. The van der Waals surface area contributed by atoms with Crippen molar-refractivity contribution in [2.24, 2.45) is 5.92 Å². The average molecular weight is 280 g/mol. The van der Waals surface area contributed by atoms with Gasteiger partial charge in [-0.15, -0.1) is 0 Å². The third kappa shape index (κ3) is 4.15. The maximum absolute atomic E-state index is 12.1. The van der Waals surface area contributed by atoms with Gasteiger partial charge in [-0.25, -0.2) is 4.79 Å². The number of aliphatic carboxylic acids is 1. The maximum atomic E-state index is 12.1. The Kier molecular flexibility index (Phi) is 5.37. The van der Waals surface area contributed by atoms with E-state index in [0.29, 0.717) is 17.9 Å². The normalized spacial score (nSPS) is 12.0. The quantitative estimate of drug-likeness (QED) is 0.685. The van der Waals surface area contributed by atoms with Gasteiger partial charge in [0.1, 0.15) is 11.8 Å². The number of carboxylic acid groups (broad SMARTS) is 1. The molecule has 0 saturated carbocycles. The zero-order valence-electron chi connectivity index (χ0n) is 11.8. The SMILES string of the molecule is COc1cc(N)ccc1C(=O)N[C@@H](CC(C)C)C(=O)O. The highest BCUT2D eigenvalue weighted by atomic mass is 16.5. The van der Waals surface area contributed by atoms with Crippen LogP contribution in [0.5, 0.6) is 5.75 Å². The highest BCUT2D eigenvalue weighted by molar-refractivity contribution is 5.99. The molecule has 4 N–H and O–H groups in total. The van der Waals surface area contributed by atoms with Gasteiger partial charge in [-0.3, -0.25) is 4.79 Å². The second-order valence-corrected chi connectivity index (χ2v) is 4.95. The van der Waals surface area contributed by atoms with Crippen LogP contribution in [0.25, 0.3) is 0 Å². The molecule has 1 aromatic carbocycles. The van der Waals surface area contributed by atoms with Crippen LogP contribution in [0.3, 0.4) is 0 Å². The molecule has 20 heavy (non-hydrogen) atoms. The van der Waals surface area contributed by atoms with Gasteiger partial charge in [0.2, 0.25) is 0 Å². The van der Waals surface area contributed by atoms with E-state index in [9.17, 15) is 9.59 Å². The Bertz CT molecular complexity index is 500. The second-order valence-electron chi connectivity index (χ2n) is 4.95. The van der Waals surface area contributed by atoms with E-state index in [1.54, 1.807) is 6.07 Å². The van der Waals surface area contributed by atoms with Crippen LogP contribution < -0.4 is 15.8 Å². The summed E-state index contributed by atoms with van der Waals surface area (Å²) in [4.78, 5) is 23.3. The summed E-state index contributed by atoms with van der Waals surface area (Å²) in [7, 11) is 1.42. The predicted molar refractivity (Wildman–Crippen MR) is 75.8 cm³/mol. The van der Waals surface area contributed by atoms with Crippen LogP contribution >= 0.6 is 0 Å². The number of carbonyl (C=O) groups excluding carboxylic acids is 1. The van der Waals surface area contributed by atoms with Gasteiger partial charge >= 0.3 is 5.97 Å². The van der Waals surface area contributed by atoms with Crippen molar-refractivity contribution in [1.82, 2.24) is 5.32 Å². The summed E-state index contributed by atoms with van der Waals surface area (Å²) < 4.78 is 5.08. The van der Waals surface area contributed by atoms with E-state index in [1.165, 1.54) is 19.2 Å². The number of carbonyl (C=O) groups is 2. The first kappa shape index (κ1) is 15.8. The van der Waals surface area contributed by atoms with Crippen molar-refractivity contribution in [3.8, 4) is 5.75 Å². The molecule has 6 heteroatoms. The molecule has 1 aromatic rings. The van der Waals surface area contributed by atoms with Crippen LogP contribution in [-0.4, -0.2) is 30.1 Å². The van der Waals surface area contributed by atoms with Gasteiger partial charge in [0.15, 0.2) is 0 Å². The van der Waals surface area contributed by atoms with Crippen molar-refractivity contribution in [3.63, 3.8) is 0 Å². The van der Waals surface area contributed by atoms with Crippen LogP contribution in [0.15, 0.2) is 18.2 Å². The minimum absolute atomic E-state index is 0.157. The number of hydrogen-bond acceptors (Lipinski definition) is 4. The first-order chi connectivity index (χ1) is 9.35. The van der Waals surface area contributed by atoms with Crippen molar-refractivity contribution < 1.29 is 19.4 Å². The molecule has 1 rings (SSSR count). The molecule has 1 amide bonds. The van der Waals surface area contributed by atoms with Crippen LogP contribution in [0.1, 0.15) is 30.6 Å². The highest BCUT2D eigenvalue weighted by Gasteiger charge is 2.23. The minimum atomic E-state index is -1.05. The lowest BCUT2D eigenvalue weighted by Crippen LogP contribution is -2.41. The molecule has 0 spiro atoms. The Morgan fingerprint density at radius 2 is 2.05 bits per heavy atom. The number of benzene rings is 1. The summed E-state index contributed by atoms with van der Waals surface area (Å²) >= 11 is 0. The molecule has 6 nitrogen and oxygen atoms in total. The molecular weight excluding hydrogens is 260 g/mol. The lowest BCUT2D eigenvalue weighted by Gasteiger charge is -2.17. The number of anilines is 1. The van der Waals surface area contributed by atoms with Crippen molar-refractivity contribution in [2.45, 2.75) is 26.3 Å². The third-order valence-corrected chi connectivity index (χ3v) is 2.78. The summed E-state index contributed by atoms with van der Waals surface area (Å²) in [6.45, 7) is 3.79. The van der Waals surface area contributed by atoms with Crippen molar-refractivity contribution in [3.05, 3.63) is 23.8 Å². The number of amides is 1. The fourth-order valence-corrected chi connectivity index (χ4v) is 1.82. The van der Waals surface area contributed by atoms with Crippen LogP contribution in [0.2, 0.25) is 0 Å². The first-order valence-electron chi connectivity index (χ1n) is 6.32. The van der Waals surface area contributed by atoms with Gasteiger partial charge in [0, 0.05) is 11.8 Å². The molecule has 0 heterocycles. The number of nitrogen functional groups attached to an aromatic ring is 1. The highest BCUT2D eigenvalue weighted by Crippen LogP contribution is 2.21. The Labute approximate surface area is 117 Å². The van der Waals surface area contributed by atoms with Crippen LogP contribution in [0.4, 0.5) is 5.69 Å². The molecule has 0 aliphatic carbocycles. The summed E-state index contributed by atoms with van der Waals surface area (Å²) in [5.74, 6) is -1.07. The third-order valence-electron chi connectivity index (χ3n) is 2.78. The van der Waals surface area contributed by atoms with Gasteiger partial charge in [0.05, 0.1) is 12.7 Å². The summed E-state index contributed by atoms with van der Waals surface area (Å²) in [6, 6.07) is 3.67. The molecule has 0 saturated heterocycles. The number of nitrogens with two attached hydrogens (primary N) is 1. The van der Waals surface area contributed by atoms with Crippen molar-refractivity contribution in [1.29, 1.82) is 0 Å². The van der Waals surface area contributed by atoms with E-state index in [1.807, 2.05) is 13.8 Å². The van der Waals surface area contributed by atoms with E-state index < -0.39 is 17.9 Å². The molecule has 0 aliphatic heterocycles. The van der Waals surface area contributed by atoms with E-state index in [0.717, 1.165) is 0 Å². The number of methoxy groups -OCH3 is 1. The largest absolute Gasteiger partial charge is 0.496 e. The van der Waals surface area contributed by atoms with Crippen molar-refractivity contribution >= 4 is 17.6 Å². The molecule has 0 unspecified atom stereocenters. The number of ether oxygens (including phenoxy) is 1. The number of rotatable bonds is 6. The Hall–Kier alpha value is -2.24. The Morgan fingerprint density at radius 3 is 2.55 bits per heavy atom. The summed E-state index contributed by atoms with van der Waals surface area (Å²) in [5, 5.41) is 11.6. The van der Waals surface area contributed by atoms with Crippen LogP contribution in [0, 0.1) is 5.92 Å². The van der Waals surface area contributed by atoms with Crippen molar-refractivity contribution in [2.75, 3.05) is 12.8 Å². The van der Waals surface area contributed by atoms with Crippen LogP contribution in [-0.2, 0) is 4.79 Å². The molecule has 0 fully saturated rings. The fourth-order valence-electron chi connectivity index (χ4n) is 1.82. The van der Waals surface area contributed by atoms with Gasteiger partial charge in [-0.1, -0.05) is 13.8 Å². The van der Waals surface area contributed by atoms with Gasteiger partial charge < -0.3 is 20.9 Å². The maximum Gasteiger partial charge on any atom is 0.326 e. The molecular formula is C14H20N2O4. The minimum Gasteiger partial charge on any atom is -0.496 e. The lowest BCUT2D eigenvalue weighted by molar-refractivity contribution is -0.139. The average Bonchev–Trinajstić information content (AvgIpc) is 2.36. The van der Waals surface area contributed by atoms with E-state index in [2.05, 4.69) is 5.32 Å². The van der Waals surface area contributed by atoms with E-state index in [-0.39, 0.29) is 11.5 Å². The topological polar surface area (TPSA) is 102 Å². The Morgan fingerprint density at radius 1 is 1.40 bits per heavy atom. The molecule has 0 aromatic heterocycles. The van der Waals surface area contributed by atoms with E-state index >= 15 is 0 Å². The number of carboxylic acids is 1. The second kappa shape index (κ2) is 6.79. The molecule has 0 aliphatic rings.